The number of halogens is 2. The van der Waals surface area contributed by atoms with Gasteiger partial charge in [-0.15, -0.1) is 0 Å². The molecule has 1 rings (SSSR count). The minimum atomic E-state index is -0.472. The number of rotatable bonds is 3. The Morgan fingerprint density at radius 2 is 2.20 bits per heavy atom. The number of benzene rings is 1. The standard InChI is InChI=1S/C11H12ClFO2/c1-7(6-13)9-3-10(12)5-11(4-9)15-8(2)14/h3-5,7H,6H2,1-2H3. The number of alkyl halides is 1. The van der Waals surface area contributed by atoms with Crippen molar-refractivity contribution >= 4 is 17.6 Å². The summed E-state index contributed by atoms with van der Waals surface area (Å²) in [6, 6.07) is 4.81. The molecule has 0 saturated heterocycles. The zero-order valence-electron chi connectivity index (χ0n) is 8.59. The number of carbonyl (C=O) groups is 1. The predicted molar refractivity (Wildman–Crippen MR) is 57.2 cm³/mol. The number of carbonyl (C=O) groups excluding carboxylic acids is 1. The third kappa shape index (κ3) is 3.51. The molecule has 0 aromatic heterocycles. The van der Waals surface area contributed by atoms with Crippen LogP contribution >= 0.6 is 11.6 Å². The van der Waals surface area contributed by atoms with Gasteiger partial charge in [0.15, 0.2) is 0 Å². The summed E-state index contributed by atoms with van der Waals surface area (Å²) in [5.74, 6) is -0.320. The monoisotopic (exact) mass is 230 g/mol. The molecule has 1 aromatic carbocycles. The lowest BCUT2D eigenvalue weighted by atomic mass is 10.0. The summed E-state index contributed by atoms with van der Waals surface area (Å²) in [7, 11) is 0. The maximum Gasteiger partial charge on any atom is 0.308 e. The molecule has 0 amide bonds. The Hall–Kier alpha value is -1.09. The van der Waals surface area contributed by atoms with Crippen LogP contribution in [0.5, 0.6) is 5.75 Å². The van der Waals surface area contributed by atoms with Crippen LogP contribution in [-0.4, -0.2) is 12.6 Å². The van der Waals surface area contributed by atoms with Gasteiger partial charge in [-0.1, -0.05) is 18.5 Å². The zero-order chi connectivity index (χ0) is 11.4. The summed E-state index contributed by atoms with van der Waals surface area (Å²) < 4.78 is 17.3. The third-order valence-corrected chi connectivity index (χ3v) is 2.17. The lowest BCUT2D eigenvalue weighted by Gasteiger charge is -2.10. The van der Waals surface area contributed by atoms with Crippen LogP contribution < -0.4 is 4.74 Å². The van der Waals surface area contributed by atoms with E-state index < -0.39 is 12.6 Å². The minimum Gasteiger partial charge on any atom is -0.427 e. The SMILES string of the molecule is CC(=O)Oc1cc(Cl)cc(C(C)CF)c1. The molecule has 15 heavy (non-hydrogen) atoms. The van der Waals surface area contributed by atoms with Gasteiger partial charge in [0.1, 0.15) is 5.75 Å². The van der Waals surface area contributed by atoms with Gasteiger partial charge >= 0.3 is 5.97 Å². The zero-order valence-corrected chi connectivity index (χ0v) is 9.34. The quantitative estimate of drug-likeness (QED) is 0.588. The molecule has 0 saturated carbocycles. The van der Waals surface area contributed by atoms with Crippen LogP contribution in [0.4, 0.5) is 4.39 Å². The normalized spacial score (nSPS) is 12.3. The molecule has 82 valence electrons. The van der Waals surface area contributed by atoms with Crippen molar-refractivity contribution in [2.45, 2.75) is 19.8 Å². The fourth-order valence-corrected chi connectivity index (χ4v) is 1.42. The maximum absolute atomic E-state index is 12.4. The molecule has 0 aliphatic carbocycles. The first kappa shape index (κ1) is 12.0. The van der Waals surface area contributed by atoms with E-state index in [1.54, 1.807) is 19.1 Å². The van der Waals surface area contributed by atoms with Crippen molar-refractivity contribution in [3.8, 4) is 5.75 Å². The summed E-state index contributed by atoms with van der Waals surface area (Å²) in [6.07, 6.45) is 0. The second kappa shape index (κ2) is 5.12. The van der Waals surface area contributed by atoms with E-state index in [-0.39, 0.29) is 5.92 Å². The number of hydrogen-bond donors (Lipinski definition) is 0. The Bertz CT molecular complexity index is 366. The highest BCUT2D eigenvalue weighted by molar-refractivity contribution is 6.30. The first-order valence-corrected chi connectivity index (χ1v) is 4.95. The van der Waals surface area contributed by atoms with Crippen LogP contribution in [0.25, 0.3) is 0 Å². The Labute approximate surface area is 93.0 Å². The van der Waals surface area contributed by atoms with Gasteiger partial charge in [0.2, 0.25) is 0 Å². The molecular weight excluding hydrogens is 219 g/mol. The van der Waals surface area contributed by atoms with E-state index in [4.69, 9.17) is 16.3 Å². The van der Waals surface area contributed by atoms with Gasteiger partial charge < -0.3 is 4.74 Å². The van der Waals surface area contributed by atoms with Gasteiger partial charge in [-0.05, 0) is 23.8 Å². The molecule has 0 aliphatic heterocycles. The maximum atomic E-state index is 12.4. The van der Waals surface area contributed by atoms with Gasteiger partial charge in [-0.2, -0.15) is 0 Å². The molecule has 4 heteroatoms. The third-order valence-electron chi connectivity index (χ3n) is 1.96. The molecule has 1 aromatic rings. The van der Waals surface area contributed by atoms with Crippen LogP contribution in [-0.2, 0) is 4.79 Å². The van der Waals surface area contributed by atoms with Gasteiger partial charge in [-0.25, -0.2) is 0 Å². The van der Waals surface area contributed by atoms with E-state index in [0.29, 0.717) is 10.8 Å². The molecule has 0 N–H and O–H groups in total. The van der Waals surface area contributed by atoms with Gasteiger partial charge in [-0.3, -0.25) is 9.18 Å². The first-order chi connectivity index (χ1) is 7.02. The lowest BCUT2D eigenvalue weighted by Crippen LogP contribution is -2.03. The molecule has 0 heterocycles. The highest BCUT2D eigenvalue weighted by Crippen LogP contribution is 2.26. The van der Waals surface area contributed by atoms with Gasteiger partial charge in [0.25, 0.3) is 0 Å². The molecule has 0 spiro atoms. The van der Waals surface area contributed by atoms with Crippen LogP contribution in [0.3, 0.4) is 0 Å². The van der Waals surface area contributed by atoms with Crippen molar-refractivity contribution in [1.82, 2.24) is 0 Å². The van der Waals surface area contributed by atoms with E-state index in [0.717, 1.165) is 5.56 Å². The van der Waals surface area contributed by atoms with Crippen LogP contribution in [0.15, 0.2) is 18.2 Å². The van der Waals surface area contributed by atoms with Crippen molar-refractivity contribution in [2.75, 3.05) is 6.67 Å². The summed E-state index contributed by atoms with van der Waals surface area (Å²) >= 11 is 5.82. The van der Waals surface area contributed by atoms with Crippen LogP contribution in [0.2, 0.25) is 5.02 Å². The van der Waals surface area contributed by atoms with Crippen molar-refractivity contribution < 1.29 is 13.9 Å². The van der Waals surface area contributed by atoms with Crippen molar-refractivity contribution in [3.63, 3.8) is 0 Å². The molecule has 1 atom stereocenters. The Morgan fingerprint density at radius 1 is 1.53 bits per heavy atom. The molecule has 2 nitrogen and oxygen atoms in total. The summed E-state index contributed by atoms with van der Waals surface area (Å²) in [5.41, 5.74) is 0.723. The Balaban J connectivity index is 2.99. The summed E-state index contributed by atoms with van der Waals surface area (Å²) in [6.45, 7) is 2.57. The minimum absolute atomic E-state index is 0.252. The summed E-state index contributed by atoms with van der Waals surface area (Å²) in [4.78, 5) is 10.7. The average Bonchev–Trinajstić information content (AvgIpc) is 2.14. The van der Waals surface area contributed by atoms with Crippen molar-refractivity contribution in [2.24, 2.45) is 0 Å². The smallest absolute Gasteiger partial charge is 0.308 e. The molecule has 0 fully saturated rings. The molecular formula is C11H12ClFO2. The molecule has 0 aliphatic rings. The lowest BCUT2D eigenvalue weighted by molar-refractivity contribution is -0.131. The van der Waals surface area contributed by atoms with E-state index >= 15 is 0 Å². The number of esters is 1. The van der Waals surface area contributed by atoms with E-state index in [9.17, 15) is 9.18 Å². The average molecular weight is 231 g/mol. The van der Waals surface area contributed by atoms with Gasteiger partial charge in [0, 0.05) is 17.9 Å². The predicted octanol–water partition coefficient (Wildman–Crippen LogP) is 3.34. The molecule has 0 bridgehead atoms. The second-order valence-corrected chi connectivity index (χ2v) is 3.81. The molecule has 1 unspecified atom stereocenters. The highest BCUT2D eigenvalue weighted by atomic mass is 35.5. The highest BCUT2D eigenvalue weighted by Gasteiger charge is 2.09. The van der Waals surface area contributed by atoms with Crippen LogP contribution in [0, 0.1) is 0 Å². The largest absolute Gasteiger partial charge is 0.427 e. The van der Waals surface area contributed by atoms with E-state index in [1.807, 2.05) is 0 Å². The van der Waals surface area contributed by atoms with E-state index in [2.05, 4.69) is 0 Å². The fourth-order valence-electron chi connectivity index (χ4n) is 1.18. The summed E-state index contributed by atoms with van der Waals surface area (Å²) in [5, 5.41) is 0.434. The first-order valence-electron chi connectivity index (χ1n) is 4.57. The molecule has 0 radical (unpaired) electrons. The number of ether oxygens (including phenoxy) is 1. The second-order valence-electron chi connectivity index (χ2n) is 3.37. The van der Waals surface area contributed by atoms with Crippen LogP contribution in [0.1, 0.15) is 25.3 Å². The Kier molecular flexibility index (Phi) is 4.09. The van der Waals surface area contributed by atoms with Gasteiger partial charge in [0.05, 0.1) is 6.67 Å². The van der Waals surface area contributed by atoms with Crippen molar-refractivity contribution in [3.05, 3.63) is 28.8 Å². The fraction of sp³-hybridized carbons (Fsp3) is 0.364. The topological polar surface area (TPSA) is 26.3 Å². The van der Waals surface area contributed by atoms with E-state index in [1.165, 1.54) is 13.0 Å². The van der Waals surface area contributed by atoms with Crippen molar-refractivity contribution in [1.29, 1.82) is 0 Å². The number of hydrogen-bond acceptors (Lipinski definition) is 2. The Morgan fingerprint density at radius 3 is 2.73 bits per heavy atom.